The Bertz CT molecular complexity index is 782. The normalized spacial score (nSPS) is 16.3. The summed E-state index contributed by atoms with van der Waals surface area (Å²) in [6.45, 7) is 1.54. The molecule has 1 aromatic carbocycles. The number of thiophene rings is 1. The molecule has 138 valence electrons. The summed E-state index contributed by atoms with van der Waals surface area (Å²) in [7, 11) is 1.61. The van der Waals surface area contributed by atoms with Gasteiger partial charge in [0.05, 0.1) is 12.7 Å². The van der Waals surface area contributed by atoms with Gasteiger partial charge in [0.25, 0.3) is 5.91 Å². The van der Waals surface area contributed by atoms with Crippen molar-refractivity contribution in [2.45, 2.75) is 18.9 Å². The highest BCUT2D eigenvalue weighted by molar-refractivity contribution is 7.20. The minimum absolute atomic E-state index is 0.224. The third-order valence-corrected chi connectivity index (χ3v) is 5.36. The van der Waals surface area contributed by atoms with Crippen LogP contribution in [0.4, 0.5) is 9.80 Å². The van der Waals surface area contributed by atoms with Crippen molar-refractivity contribution in [3.63, 3.8) is 0 Å². The molecule has 2 heterocycles. The molecule has 3 amide bonds. The predicted molar refractivity (Wildman–Crippen MR) is 103 cm³/mol. The Morgan fingerprint density at radius 3 is 2.73 bits per heavy atom. The molecule has 0 radical (unpaired) electrons. The summed E-state index contributed by atoms with van der Waals surface area (Å²) in [5.74, 6) is 0.529. The van der Waals surface area contributed by atoms with Crippen molar-refractivity contribution >= 4 is 28.3 Å². The van der Waals surface area contributed by atoms with Crippen molar-refractivity contribution in [2.24, 2.45) is 5.73 Å². The topological polar surface area (TPSA) is 105 Å². The van der Waals surface area contributed by atoms with Gasteiger partial charge in [0, 0.05) is 17.5 Å². The number of carbonyl (C=O) groups is 2. The molecule has 5 N–H and O–H groups in total. The molecular formula is C18H22N4O3S. The smallest absolute Gasteiger partial charge is 0.317 e. The predicted octanol–water partition coefficient (Wildman–Crippen LogP) is 2.40. The van der Waals surface area contributed by atoms with E-state index in [1.165, 1.54) is 11.3 Å². The van der Waals surface area contributed by atoms with E-state index < -0.39 is 6.03 Å². The summed E-state index contributed by atoms with van der Waals surface area (Å²) in [6, 6.07) is 8.88. The summed E-state index contributed by atoms with van der Waals surface area (Å²) < 4.78 is 5.17. The van der Waals surface area contributed by atoms with Crippen LogP contribution < -0.4 is 26.4 Å². The number of benzene rings is 1. The van der Waals surface area contributed by atoms with Crippen LogP contribution in [0.2, 0.25) is 0 Å². The van der Waals surface area contributed by atoms with Gasteiger partial charge in [-0.15, -0.1) is 11.3 Å². The summed E-state index contributed by atoms with van der Waals surface area (Å²) in [6.07, 6.45) is 2.17. The summed E-state index contributed by atoms with van der Waals surface area (Å²) in [4.78, 5) is 24.8. The van der Waals surface area contributed by atoms with Crippen LogP contribution in [-0.2, 0) is 0 Å². The van der Waals surface area contributed by atoms with Gasteiger partial charge in [-0.05, 0) is 55.3 Å². The van der Waals surface area contributed by atoms with E-state index in [0.29, 0.717) is 23.2 Å². The number of nitrogens with two attached hydrogens (primary N) is 1. The third kappa shape index (κ3) is 4.33. The molecular weight excluding hydrogens is 352 g/mol. The fraction of sp³-hybridized carbons (Fsp3) is 0.333. The summed E-state index contributed by atoms with van der Waals surface area (Å²) in [5.41, 5.74) is 6.60. The van der Waals surface area contributed by atoms with Gasteiger partial charge in [-0.2, -0.15) is 0 Å². The monoisotopic (exact) mass is 374 g/mol. The third-order valence-electron chi connectivity index (χ3n) is 4.26. The van der Waals surface area contributed by atoms with Crippen LogP contribution in [0.1, 0.15) is 23.2 Å². The molecule has 1 fully saturated rings. The second kappa shape index (κ2) is 8.20. The van der Waals surface area contributed by atoms with Crippen LogP contribution in [-0.4, -0.2) is 38.2 Å². The van der Waals surface area contributed by atoms with Gasteiger partial charge in [0.2, 0.25) is 0 Å². The molecule has 1 aliphatic heterocycles. The number of primary amides is 1. The zero-order valence-corrected chi connectivity index (χ0v) is 15.3. The first-order chi connectivity index (χ1) is 12.6. The fourth-order valence-electron chi connectivity index (χ4n) is 2.90. The molecule has 1 saturated heterocycles. The van der Waals surface area contributed by atoms with Crippen LogP contribution in [0.5, 0.6) is 5.75 Å². The average Bonchev–Trinajstić information content (AvgIpc) is 3.29. The van der Waals surface area contributed by atoms with Crippen molar-refractivity contribution in [1.29, 1.82) is 0 Å². The van der Waals surface area contributed by atoms with Crippen molar-refractivity contribution in [3.8, 4) is 16.2 Å². The van der Waals surface area contributed by atoms with Crippen LogP contribution in [0, 0.1) is 0 Å². The fourth-order valence-corrected chi connectivity index (χ4v) is 3.97. The quantitative estimate of drug-likeness (QED) is 0.623. The lowest BCUT2D eigenvalue weighted by Gasteiger charge is -2.11. The van der Waals surface area contributed by atoms with E-state index in [9.17, 15) is 9.59 Å². The lowest BCUT2D eigenvalue weighted by Crippen LogP contribution is -2.37. The van der Waals surface area contributed by atoms with Crippen molar-refractivity contribution in [3.05, 3.63) is 35.9 Å². The van der Waals surface area contributed by atoms with Crippen LogP contribution in [0.25, 0.3) is 10.4 Å². The van der Waals surface area contributed by atoms with E-state index in [0.717, 1.165) is 35.6 Å². The number of carbonyl (C=O) groups excluding carboxylic acids is 2. The summed E-state index contributed by atoms with van der Waals surface area (Å²) in [5, 5.41) is 9.26. The van der Waals surface area contributed by atoms with Crippen molar-refractivity contribution in [1.82, 2.24) is 10.6 Å². The minimum Gasteiger partial charge on any atom is -0.497 e. The van der Waals surface area contributed by atoms with Gasteiger partial charge in [0.15, 0.2) is 0 Å². The van der Waals surface area contributed by atoms with E-state index in [4.69, 9.17) is 10.5 Å². The van der Waals surface area contributed by atoms with Gasteiger partial charge in [-0.25, -0.2) is 4.79 Å². The molecule has 0 spiro atoms. The second-order valence-electron chi connectivity index (χ2n) is 6.07. The van der Waals surface area contributed by atoms with E-state index in [-0.39, 0.29) is 5.91 Å². The molecule has 1 aliphatic rings. The molecule has 1 aromatic heterocycles. The number of hydrogen-bond acceptors (Lipinski definition) is 5. The van der Waals surface area contributed by atoms with E-state index in [1.54, 1.807) is 13.2 Å². The first-order valence-electron chi connectivity index (χ1n) is 8.43. The van der Waals surface area contributed by atoms with Crippen LogP contribution in [0.15, 0.2) is 30.3 Å². The lowest BCUT2D eigenvalue weighted by atomic mass is 10.1. The SMILES string of the molecule is COc1ccc(-c2cc(C(=O)NC[C@@H]3CCCN3)c(NC(N)=O)s2)cc1. The Kier molecular flexibility index (Phi) is 5.75. The highest BCUT2D eigenvalue weighted by Gasteiger charge is 2.20. The van der Waals surface area contributed by atoms with Crippen molar-refractivity contribution in [2.75, 3.05) is 25.5 Å². The maximum Gasteiger partial charge on any atom is 0.317 e. The Hall–Kier alpha value is -2.58. The lowest BCUT2D eigenvalue weighted by molar-refractivity contribution is 0.0951. The maximum atomic E-state index is 12.6. The molecule has 0 saturated carbocycles. The maximum absolute atomic E-state index is 12.6. The Labute approximate surface area is 155 Å². The first kappa shape index (κ1) is 18.2. The van der Waals surface area contributed by atoms with Gasteiger partial charge >= 0.3 is 6.03 Å². The molecule has 0 aliphatic carbocycles. The number of methoxy groups -OCH3 is 1. The van der Waals surface area contributed by atoms with Gasteiger partial charge in [-0.3, -0.25) is 10.1 Å². The van der Waals surface area contributed by atoms with Gasteiger partial charge < -0.3 is 21.1 Å². The van der Waals surface area contributed by atoms with Crippen LogP contribution >= 0.6 is 11.3 Å². The minimum atomic E-state index is -0.695. The molecule has 0 bridgehead atoms. The van der Waals surface area contributed by atoms with Crippen molar-refractivity contribution < 1.29 is 14.3 Å². The van der Waals surface area contributed by atoms with Crippen LogP contribution in [0.3, 0.4) is 0 Å². The number of urea groups is 1. The largest absolute Gasteiger partial charge is 0.497 e. The number of ether oxygens (including phenoxy) is 1. The molecule has 0 unspecified atom stereocenters. The first-order valence-corrected chi connectivity index (χ1v) is 9.25. The second-order valence-corrected chi connectivity index (χ2v) is 7.13. The molecule has 2 aromatic rings. The standard InChI is InChI=1S/C18H22N4O3S/c1-25-13-6-4-11(5-7-13)15-9-14(17(26-15)22-18(19)24)16(23)21-10-12-3-2-8-20-12/h4-7,9,12,20H,2-3,8,10H2,1H3,(H,21,23)(H3,19,22,24)/t12-/m0/s1. The Morgan fingerprint density at radius 2 is 2.12 bits per heavy atom. The van der Waals surface area contributed by atoms with E-state index in [1.807, 2.05) is 24.3 Å². The Morgan fingerprint density at radius 1 is 1.35 bits per heavy atom. The van der Waals surface area contributed by atoms with Gasteiger partial charge in [-0.1, -0.05) is 0 Å². The number of amides is 3. The number of rotatable bonds is 6. The summed E-state index contributed by atoms with van der Waals surface area (Å²) >= 11 is 1.31. The Balaban J connectivity index is 1.80. The average molecular weight is 374 g/mol. The van der Waals surface area contributed by atoms with E-state index in [2.05, 4.69) is 16.0 Å². The molecule has 7 nitrogen and oxygen atoms in total. The molecule has 3 rings (SSSR count). The number of nitrogens with one attached hydrogen (secondary N) is 3. The molecule has 1 atom stereocenters. The highest BCUT2D eigenvalue weighted by Crippen LogP contribution is 2.36. The number of anilines is 1. The number of hydrogen-bond donors (Lipinski definition) is 4. The molecule has 8 heteroatoms. The van der Waals surface area contributed by atoms with E-state index >= 15 is 0 Å². The zero-order valence-electron chi connectivity index (χ0n) is 14.5. The zero-order chi connectivity index (χ0) is 18.5. The van der Waals surface area contributed by atoms with Gasteiger partial charge in [0.1, 0.15) is 10.8 Å². The molecule has 26 heavy (non-hydrogen) atoms. The highest BCUT2D eigenvalue weighted by atomic mass is 32.1.